The standard InChI is InChI=1S/C24H21N3O3S.C21H21N3O4S.C21H21N3O3S.C20H19N3O3S/c1-4-5-19-14(2)25-23(20-10-11-21(30-3)31-20)27-22(19)26-18-9-8-15-12-17(24(28)29)7-6-16(15)13-18;1-5-6-14-12(2)22-20(17-9-10-18(28-4)29-17)24-19(14)23-15-8-7-13(21(25)26)11-16(15)27-3;1-4-5-16-13(2)22-21(17-10-11-19(27-3)28-17)24-20(16)23-15-8-6-14(7-9-15)12-18(25)26;1-4-5-15-12(2)21-19(16-10-11-17(26-3)27-16)23-18(15)22-14-8-6-13(7-9-14)20(24)25/h4,6-13H,1,5H2,2-3H3,(H,28,29)(H,25,26,27);5,7-11H,1,6H2,2-4H3,(H,25,26)(H,22,23,24);4,6-11H,1,5,12H2,2-3H3,(H,25,26)(H,22,23,24);4,6-11H,1,5H2,2-3H3,(H,24,25)(H,21,22,23). The molecule has 0 atom stereocenters. The molecule has 0 saturated carbocycles. The number of rotatable bonds is 30. The summed E-state index contributed by atoms with van der Waals surface area (Å²) in [5.74, 6) is 1.80. The van der Waals surface area contributed by atoms with E-state index in [1.165, 1.54) is 64.6 Å². The van der Waals surface area contributed by atoms with E-state index >= 15 is 0 Å². The number of aliphatic carboxylic acids is 1. The van der Waals surface area contributed by atoms with Crippen molar-refractivity contribution in [2.75, 3.05) is 56.8 Å². The van der Waals surface area contributed by atoms with Crippen LogP contribution in [0.25, 0.3) is 53.6 Å². The second kappa shape index (κ2) is 39.6. The number of nitrogens with zero attached hydrogens (tertiary/aromatic N) is 8. The lowest BCUT2D eigenvalue weighted by Crippen LogP contribution is -2.06. The van der Waals surface area contributed by atoms with E-state index in [0.717, 1.165) is 124 Å². The Balaban J connectivity index is 0.000000162. The van der Waals surface area contributed by atoms with Crippen molar-refractivity contribution in [2.45, 2.75) is 59.8 Å². The van der Waals surface area contributed by atoms with Gasteiger partial charge in [0.15, 0.2) is 43.6 Å². The number of aromatic carboxylic acids is 3. The first-order valence-electron chi connectivity index (χ1n) is 35.4. The van der Waals surface area contributed by atoms with Gasteiger partial charge < -0.3 is 65.4 Å². The molecule has 25 nitrogen and oxygen atoms in total. The highest BCUT2D eigenvalue weighted by Crippen LogP contribution is 2.39. The van der Waals surface area contributed by atoms with Crippen molar-refractivity contribution in [2.24, 2.45) is 0 Å². The summed E-state index contributed by atoms with van der Waals surface area (Å²) in [4.78, 5) is 85.5. The van der Waals surface area contributed by atoms with Crippen LogP contribution in [0.3, 0.4) is 0 Å². The molecule has 8 N–H and O–H groups in total. The largest absolute Gasteiger partial charge is 0.495 e. The average molecular weight is 1620 g/mol. The molecule has 0 radical (unpaired) electrons. The Bertz CT molecular complexity index is 5720. The minimum Gasteiger partial charge on any atom is -0.495 e. The average Bonchev–Trinajstić information content (AvgIpc) is 1.80. The number of thiophene rings is 4. The molecule has 115 heavy (non-hydrogen) atoms. The molecular formula is C86H82N12O13S4. The molecule has 13 rings (SSSR count). The third-order valence-electron chi connectivity index (χ3n) is 17.3. The molecule has 0 unspecified atom stereocenters. The molecule has 0 aliphatic rings. The zero-order chi connectivity index (χ0) is 82.4. The number of carbonyl (C=O) groups is 4. The van der Waals surface area contributed by atoms with Gasteiger partial charge in [-0.2, -0.15) is 0 Å². The van der Waals surface area contributed by atoms with Crippen molar-refractivity contribution in [1.82, 2.24) is 39.9 Å². The second-order valence-electron chi connectivity index (χ2n) is 25.1. The number of fused-ring (bicyclic) bond motifs is 1. The van der Waals surface area contributed by atoms with Gasteiger partial charge in [-0.15, -0.1) is 26.3 Å². The van der Waals surface area contributed by atoms with Crippen LogP contribution in [-0.4, -0.2) is 120 Å². The van der Waals surface area contributed by atoms with E-state index in [1.807, 2.05) is 125 Å². The van der Waals surface area contributed by atoms with E-state index in [-0.39, 0.29) is 23.1 Å². The van der Waals surface area contributed by atoms with Crippen molar-refractivity contribution in [1.29, 1.82) is 0 Å². The minimum absolute atomic E-state index is 0.00102. The number of methoxy groups -OCH3 is 5. The fourth-order valence-electron chi connectivity index (χ4n) is 11.5. The smallest absolute Gasteiger partial charge is 0.335 e. The highest BCUT2D eigenvalue weighted by Gasteiger charge is 2.22. The molecule has 0 fully saturated rings. The molecule has 8 aromatic heterocycles. The SMILES string of the molecule is C=CCc1c(C)nc(-c2ccc(OC)s2)nc1Nc1ccc(C(=O)O)cc1.C=CCc1c(C)nc(-c2ccc(OC)s2)nc1Nc1ccc(C(=O)O)cc1OC.C=CCc1c(C)nc(-c2ccc(OC)s2)nc1Nc1ccc(CC(=O)O)cc1.C=CCc1c(C)nc(-c2ccc(OC)s2)nc1Nc1ccc2cc(C(=O)O)ccc2c1. The maximum absolute atomic E-state index is 11.2. The van der Waals surface area contributed by atoms with Gasteiger partial charge in [0.05, 0.1) is 83.9 Å². The molecule has 0 aliphatic heterocycles. The van der Waals surface area contributed by atoms with Crippen LogP contribution in [0.4, 0.5) is 46.0 Å². The molecule has 13 aromatic rings. The number of aryl methyl sites for hydroxylation is 4. The van der Waals surface area contributed by atoms with Crippen LogP contribution in [0.5, 0.6) is 26.0 Å². The first-order valence-corrected chi connectivity index (χ1v) is 38.6. The topological polar surface area (TPSA) is 347 Å². The Labute approximate surface area is 679 Å². The predicted octanol–water partition coefficient (Wildman–Crippen LogP) is 19.9. The second-order valence-corrected chi connectivity index (χ2v) is 29.2. The molecule has 588 valence electrons. The number of hydrogen-bond acceptors (Lipinski definition) is 25. The number of ether oxygens (including phenoxy) is 5. The third-order valence-corrected chi connectivity index (χ3v) is 21.4. The summed E-state index contributed by atoms with van der Waals surface area (Å²) >= 11 is 5.91. The van der Waals surface area contributed by atoms with Crippen molar-refractivity contribution in [3.63, 3.8) is 0 Å². The predicted molar refractivity (Wildman–Crippen MR) is 457 cm³/mol. The van der Waals surface area contributed by atoms with Crippen molar-refractivity contribution in [3.8, 4) is 68.8 Å². The number of benzene rings is 5. The Kier molecular flexibility index (Phi) is 28.9. The molecular weight excluding hydrogens is 1540 g/mol. The maximum Gasteiger partial charge on any atom is 0.335 e. The van der Waals surface area contributed by atoms with E-state index in [4.69, 9.17) is 53.8 Å². The van der Waals surface area contributed by atoms with E-state index < -0.39 is 23.9 Å². The van der Waals surface area contributed by atoms with Gasteiger partial charge in [-0.25, -0.2) is 54.3 Å². The summed E-state index contributed by atoms with van der Waals surface area (Å²) in [6.07, 6.45) is 9.72. The molecule has 8 heterocycles. The number of aromatic nitrogens is 8. The molecule has 0 bridgehead atoms. The number of carboxylic acids is 4. The van der Waals surface area contributed by atoms with Crippen molar-refractivity contribution in [3.05, 3.63) is 270 Å². The fraction of sp³-hybridized carbons (Fsp3) is 0.163. The van der Waals surface area contributed by atoms with Gasteiger partial charge in [0, 0.05) is 62.1 Å². The lowest BCUT2D eigenvalue weighted by Gasteiger charge is -2.16. The van der Waals surface area contributed by atoms with Gasteiger partial charge in [0.1, 0.15) is 29.0 Å². The van der Waals surface area contributed by atoms with E-state index in [0.29, 0.717) is 77.9 Å². The zero-order valence-electron chi connectivity index (χ0n) is 64.3. The van der Waals surface area contributed by atoms with Crippen LogP contribution in [0, 0.1) is 27.7 Å². The first-order chi connectivity index (χ1) is 55.4. The molecule has 29 heteroatoms. The minimum atomic E-state index is -1.02. The number of nitrogens with one attached hydrogen (secondary N) is 4. The van der Waals surface area contributed by atoms with Crippen LogP contribution in [-0.2, 0) is 36.9 Å². The lowest BCUT2D eigenvalue weighted by molar-refractivity contribution is -0.136. The van der Waals surface area contributed by atoms with Gasteiger partial charge in [0.2, 0.25) is 0 Å². The van der Waals surface area contributed by atoms with Gasteiger partial charge in [-0.05, 0) is 197 Å². The van der Waals surface area contributed by atoms with Crippen LogP contribution in [0.15, 0.2) is 202 Å². The normalized spacial score (nSPS) is 10.5. The highest BCUT2D eigenvalue weighted by molar-refractivity contribution is 7.18. The van der Waals surface area contributed by atoms with E-state index in [9.17, 15) is 29.4 Å². The Hall–Kier alpha value is -13.5. The molecule has 0 saturated heterocycles. The van der Waals surface area contributed by atoms with E-state index in [1.54, 1.807) is 95.2 Å². The van der Waals surface area contributed by atoms with Gasteiger partial charge >= 0.3 is 23.9 Å². The summed E-state index contributed by atoms with van der Waals surface area (Å²) < 4.78 is 26.4. The summed E-state index contributed by atoms with van der Waals surface area (Å²) in [5, 5.41) is 54.6. The Morgan fingerprint density at radius 3 is 1.01 bits per heavy atom. The quantitative estimate of drug-likeness (QED) is 0.0194. The van der Waals surface area contributed by atoms with Crippen LogP contribution in [0.2, 0.25) is 0 Å². The van der Waals surface area contributed by atoms with Crippen molar-refractivity contribution >= 4 is 126 Å². The third kappa shape index (κ3) is 21.8. The van der Waals surface area contributed by atoms with E-state index in [2.05, 4.69) is 67.5 Å². The molecule has 0 aliphatic carbocycles. The summed E-state index contributed by atoms with van der Waals surface area (Å²) in [5.41, 5.74) is 11.7. The van der Waals surface area contributed by atoms with Crippen LogP contribution < -0.4 is 45.0 Å². The Morgan fingerprint density at radius 2 is 0.670 bits per heavy atom. The number of hydrogen-bond donors (Lipinski definition) is 8. The van der Waals surface area contributed by atoms with Gasteiger partial charge in [-0.3, -0.25) is 4.79 Å². The summed E-state index contributed by atoms with van der Waals surface area (Å²) in [6, 6.07) is 44.6. The summed E-state index contributed by atoms with van der Waals surface area (Å²) in [7, 11) is 8.01. The fourth-order valence-corrected chi connectivity index (χ4v) is 14.5. The van der Waals surface area contributed by atoms with Gasteiger partial charge in [-0.1, -0.05) is 93.9 Å². The molecule has 5 aromatic carbocycles. The number of anilines is 8. The first kappa shape index (κ1) is 84.0. The monoisotopic (exact) mass is 1620 g/mol. The molecule has 0 spiro atoms. The number of allylic oxidation sites excluding steroid dienone is 4. The van der Waals surface area contributed by atoms with Gasteiger partial charge in [0.25, 0.3) is 0 Å². The Morgan fingerprint density at radius 1 is 0.357 bits per heavy atom. The van der Waals surface area contributed by atoms with Crippen LogP contribution in [0.1, 0.15) is 81.7 Å². The zero-order valence-corrected chi connectivity index (χ0v) is 67.5. The summed E-state index contributed by atoms with van der Waals surface area (Å²) in [6.45, 7) is 23.1. The van der Waals surface area contributed by atoms with Crippen molar-refractivity contribution < 1.29 is 63.3 Å². The molecule has 0 amide bonds. The van der Waals surface area contributed by atoms with Crippen LogP contribution >= 0.6 is 45.3 Å². The highest BCUT2D eigenvalue weighted by atomic mass is 32.1. The lowest BCUT2D eigenvalue weighted by atomic mass is 10.1. The maximum atomic E-state index is 11.2. The number of carboxylic acid groups (broad SMARTS) is 4.